The Bertz CT molecular complexity index is 327. The van der Waals surface area contributed by atoms with E-state index in [4.69, 9.17) is 11.6 Å². The third-order valence-electron chi connectivity index (χ3n) is 1.57. The van der Waals surface area contributed by atoms with Crippen molar-refractivity contribution in [3.63, 3.8) is 0 Å². The number of halogens is 4. The molecule has 1 heterocycles. The smallest absolute Gasteiger partial charge is 0.433 e. The van der Waals surface area contributed by atoms with Gasteiger partial charge < -0.3 is 4.74 Å². The van der Waals surface area contributed by atoms with Gasteiger partial charge in [0.1, 0.15) is 5.69 Å². The Balaban J connectivity index is 3.14. The third kappa shape index (κ3) is 2.29. The normalized spacial score (nSPS) is 11.5. The van der Waals surface area contributed by atoms with Crippen molar-refractivity contribution in [1.29, 1.82) is 0 Å². The number of alkyl halides is 4. The maximum Gasteiger partial charge on any atom is 0.433 e. The fraction of sp³-hybridized carbons (Fsp3) is 0.375. The molecule has 0 spiro atoms. The van der Waals surface area contributed by atoms with Crippen molar-refractivity contribution in [2.24, 2.45) is 0 Å². The van der Waals surface area contributed by atoms with Gasteiger partial charge in [0, 0.05) is 5.56 Å². The molecule has 0 bridgehead atoms. The molecule has 1 aromatic heterocycles. The third-order valence-corrected chi connectivity index (χ3v) is 1.85. The lowest BCUT2D eigenvalue weighted by Gasteiger charge is -2.09. The molecule has 14 heavy (non-hydrogen) atoms. The average Bonchev–Trinajstić information content (AvgIpc) is 2.15. The van der Waals surface area contributed by atoms with E-state index in [-0.39, 0.29) is 11.8 Å². The summed E-state index contributed by atoms with van der Waals surface area (Å²) >= 11 is 5.48. The standard InChI is InChI=1S/C8H7ClF3NO/c1-14-7-5(4-9)2-3-6(13-7)8(10,11)12/h2-3H,4H2,1H3. The minimum Gasteiger partial charge on any atom is -0.481 e. The van der Waals surface area contributed by atoms with Crippen LogP contribution in [-0.4, -0.2) is 12.1 Å². The summed E-state index contributed by atoms with van der Waals surface area (Å²) in [6.07, 6.45) is -4.46. The molecule has 1 rings (SSSR count). The van der Waals surface area contributed by atoms with Crippen molar-refractivity contribution < 1.29 is 17.9 Å². The SMILES string of the molecule is COc1nc(C(F)(F)F)ccc1CCl. The van der Waals surface area contributed by atoms with Crippen LogP contribution in [0.1, 0.15) is 11.3 Å². The van der Waals surface area contributed by atoms with Crippen molar-refractivity contribution in [2.45, 2.75) is 12.1 Å². The minimum absolute atomic E-state index is 0.0638. The zero-order valence-corrected chi connectivity index (χ0v) is 7.99. The Morgan fingerprint density at radius 3 is 2.50 bits per heavy atom. The maximum absolute atomic E-state index is 12.2. The number of hydrogen-bond donors (Lipinski definition) is 0. The van der Waals surface area contributed by atoms with E-state index in [0.29, 0.717) is 5.56 Å². The van der Waals surface area contributed by atoms with Gasteiger partial charge in [0.25, 0.3) is 0 Å². The van der Waals surface area contributed by atoms with Crippen LogP contribution < -0.4 is 4.74 Å². The van der Waals surface area contributed by atoms with Gasteiger partial charge in [-0.15, -0.1) is 11.6 Å². The van der Waals surface area contributed by atoms with Crippen LogP contribution in [0.5, 0.6) is 5.88 Å². The predicted octanol–water partition coefficient (Wildman–Crippen LogP) is 2.85. The van der Waals surface area contributed by atoms with Crippen LogP contribution in [0.2, 0.25) is 0 Å². The van der Waals surface area contributed by atoms with E-state index in [9.17, 15) is 13.2 Å². The molecule has 0 saturated carbocycles. The van der Waals surface area contributed by atoms with E-state index in [1.165, 1.54) is 13.2 Å². The number of rotatable bonds is 2. The monoisotopic (exact) mass is 225 g/mol. The Morgan fingerprint density at radius 1 is 1.43 bits per heavy atom. The second-order valence-electron chi connectivity index (χ2n) is 2.50. The molecule has 0 aromatic carbocycles. The largest absolute Gasteiger partial charge is 0.481 e. The average molecular weight is 226 g/mol. The second kappa shape index (κ2) is 4.04. The Labute approximate surface area is 83.7 Å². The van der Waals surface area contributed by atoms with Gasteiger partial charge in [0.2, 0.25) is 5.88 Å². The molecule has 0 radical (unpaired) electrons. The quantitative estimate of drug-likeness (QED) is 0.722. The van der Waals surface area contributed by atoms with E-state index in [1.54, 1.807) is 0 Å². The lowest BCUT2D eigenvalue weighted by Crippen LogP contribution is -2.09. The number of hydrogen-bond acceptors (Lipinski definition) is 2. The molecule has 0 amide bonds. The molecule has 0 fully saturated rings. The number of nitrogens with zero attached hydrogens (tertiary/aromatic N) is 1. The number of aromatic nitrogens is 1. The van der Waals surface area contributed by atoms with E-state index in [0.717, 1.165) is 6.07 Å². The van der Waals surface area contributed by atoms with Crippen LogP contribution in [0.4, 0.5) is 13.2 Å². The summed E-state index contributed by atoms with van der Waals surface area (Å²) < 4.78 is 41.2. The summed E-state index contributed by atoms with van der Waals surface area (Å²) in [5.74, 6) is -0.0243. The van der Waals surface area contributed by atoms with E-state index in [1.807, 2.05) is 0 Å². The second-order valence-corrected chi connectivity index (χ2v) is 2.76. The molecule has 0 atom stereocenters. The summed E-state index contributed by atoms with van der Waals surface area (Å²) in [6.45, 7) is 0. The highest BCUT2D eigenvalue weighted by molar-refractivity contribution is 6.17. The molecular formula is C8H7ClF3NO. The van der Waals surface area contributed by atoms with Crippen LogP contribution in [0.25, 0.3) is 0 Å². The fourth-order valence-corrected chi connectivity index (χ4v) is 1.11. The first-order chi connectivity index (χ1) is 6.49. The van der Waals surface area contributed by atoms with E-state index >= 15 is 0 Å². The lowest BCUT2D eigenvalue weighted by atomic mass is 10.2. The molecule has 0 N–H and O–H groups in total. The first-order valence-electron chi connectivity index (χ1n) is 3.66. The number of ether oxygens (including phenoxy) is 1. The van der Waals surface area contributed by atoms with Crippen molar-refractivity contribution in [3.8, 4) is 5.88 Å². The lowest BCUT2D eigenvalue weighted by molar-refractivity contribution is -0.141. The molecule has 0 aliphatic rings. The van der Waals surface area contributed by atoms with Gasteiger partial charge in [-0.25, -0.2) is 4.98 Å². The molecule has 0 unspecified atom stereocenters. The first kappa shape index (κ1) is 11.1. The number of methoxy groups -OCH3 is 1. The van der Waals surface area contributed by atoms with Crippen LogP contribution >= 0.6 is 11.6 Å². The van der Waals surface area contributed by atoms with Gasteiger partial charge in [-0.2, -0.15) is 13.2 Å². The number of pyridine rings is 1. The van der Waals surface area contributed by atoms with Crippen molar-refractivity contribution in [1.82, 2.24) is 4.98 Å². The van der Waals surface area contributed by atoms with Crippen molar-refractivity contribution in [2.75, 3.05) is 7.11 Å². The molecule has 78 valence electrons. The molecule has 1 aromatic rings. The van der Waals surface area contributed by atoms with Crippen LogP contribution in [0.15, 0.2) is 12.1 Å². The minimum atomic E-state index is -4.46. The highest BCUT2D eigenvalue weighted by Crippen LogP contribution is 2.30. The van der Waals surface area contributed by atoms with Gasteiger partial charge in [0.05, 0.1) is 13.0 Å². The topological polar surface area (TPSA) is 22.1 Å². The molecule has 0 aliphatic carbocycles. The molecule has 0 aliphatic heterocycles. The summed E-state index contributed by atoms with van der Waals surface area (Å²) in [5.41, 5.74) is -0.551. The summed E-state index contributed by atoms with van der Waals surface area (Å²) in [5, 5.41) is 0. The Morgan fingerprint density at radius 2 is 2.07 bits per heavy atom. The summed E-state index contributed by atoms with van der Waals surface area (Å²) in [4.78, 5) is 3.30. The molecule has 0 saturated heterocycles. The Hall–Kier alpha value is -0.970. The first-order valence-corrected chi connectivity index (χ1v) is 4.19. The van der Waals surface area contributed by atoms with E-state index < -0.39 is 11.9 Å². The van der Waals surface area contributed by atoms with Gasteiger partial charge in [-0.1, -0.05) is 6.07 Å². The molecule has 6 heteroatoms. The van der Waals surface area contributed by atoms with Crippen LogP contribution in [0.3, 0.4) is 0 Å². The zero-order chi connectivity index (χ0) is 10.8. The van der Waals surface area contributed by atoms with Gasteiger partial charge in [-0.05, 0) is 6.07 Å². The Kier molecular flexibility index (Phi) is 3.21. The van der Waals surface area contributed by atoms with Gasteiger partial charge >= 0.3 is 6.18 Å². The molecule has 2 nitrogen and oxygen atoms in total. The fourth-order valence-electron chi connectivity index (χ4n) is 0.906. The highest BCUT2D eigenvalue weighted by atomic mass is 35.5. The summed E-state index contributed by atoms with van der Waals surface area (Å²) in [6, 6.07) is 2.13. The van der Waals surface area contributed by atoms with Crippen LogP contribution in [-0.2, 0) is 12.1 Å². The highest BCUT2D eigenvalue weighted by Gasteiger charge is 2.33. The van der Waals surface area contributed by atoms with Crippen molar-refractivity contribution in [3.05, 3.63) is 23.4 Å². The summed E-state index contributed by atoms with van der Waals surface area (Å²) in [7, 11) is 1.25. The predicted molar refractivity (Wildman–Crippen MR) is 45.3 cm³/mol. The zero-order valence-electron chi connectivity index (χ0n) is 7.23. The van der Waals surface area contributed by atoms with Gasteiger partial charge in [-0.3, -0.25) is 0 Å². The molecular weight excluding hydrogens is 219 g/mol. The van der Waals surface area contributed by atoms with E-state index in [2.05, 4.69) is 9.72 Å². The maximum atomic E-state index is 12.2. The van der Waals surface area contributed by atoms with Gasteiger partial charge in [0.15, 0.2) is 0 Å². The van der Waals surface area contributed by atoms with Crippen molar-refractivity contribution >= 4 is 11.6 Å². The van der Waals surface area contributed by atoms with Crippen LogP contribution in [0, 0.1) is 0 Å².